The Hall–Kier alpha value is -1.16. The van der Waals surface area contributed by atoms with E-state index in [0.717, 1.165) is 11.3 Å². The van der Waals surface area contributed by atoms with Crippen molar-refractivity contribution in [2.75, 3.05) is 12.8 Å². The molecule has 0 radical (unpaired) electrons. The minimum Gasteiger partial charge on any atom is -0.383 e. The highest BCUT2D eigenvalue weighted by Crippen LogP contribution is 2.35. The lowest BCUT2D eigenvalue weighted by atomic mass is 9.88. The van der Waals surface area contributed by atoms with E-state index in [-0.39, 0.29) is 11.5 Å². The van der Waals surface area contributed by atoms with Gasteiger partial charge in [-0.25, -0.2) is 9.97 Å². The summed E-state index contributed by atoms with van der Waals surface area (Å²) in [4.78, 5) is 9.01. The van der Waals surface area contributed by atoms with Crippen LogP contribution in [0.4, 0.5) is 5.82 Å². The number of nitrogens with two attached hydrogens (primary N) is 1. The predicted octanol–water partition coefficient (Wildman–Crippen LogP) is 3.22. The van der Waals surface area contributed by atoms with Crippen molar-refractivity contribution < 1.29 is 4.74 Å². The zero-order valence-corrected chi connectivity index (χ0v) is 12.5. The normalized spacial score (nSPS) is 14.0. The van der Waals surface area contributed by atoms with E-state index in [1.165, 1.54) is 0 Å². The Kier molecular flexibility index (Phi) is 4.32. The monoisotopic (exact) mass is 251 g/mol. The van der Waals surface area contributed by atoms with E-state index in [2.05, 4.69) is 44.6 Å². The molecule has 1 atom stereocenters. The Morgan fingerprint density at radius 1 is 1.17 bits per heavy atom. The van der Waals surface area contributed by atoms with Crippen LogP contribution >= 0.6 is 0 Å². The quantitative estimate of drug-likeness (QED) is 0.896. The van der Waals surface area contributed by atoms with Gasteiger partial charge in [-0.2, -0.15) is 0 Å². The highest BCUT2D eigenvalue weighted by Gasteiger charge is 2.29. The second-order valence-electron chi connectivity index (χ2n) is 6.10. The lowest BCUT2D eigenvalue weighted by Gasteiger charge is -2.28. The lowest BCUT2D eigenvalue weighted by Crippen LogP contribution is -2.23. The zero-order chi connectivity index (χ0) is 14.1. The molecule has 4 nitrogen and oxygen atoms in total. The van der Waals surface area contributed by atoms with Crippen molar-refractivity contribution in [1.82, 2.24) is 9.97 Å². The highest BCUT2D eigenvalue weighted by atomic mass is 16.5. The summed E-state index contributed by atoms with van der Waals surface area (Å²) in [6, 6.07) is 0. The Bertz CT molecular complexity index is 399. The number of ether oxygens (including phenoxy) is 1. The first-order chi connectivity index (χ1) is 8.18. The van der Waals surface area contributed by atoms with Gasteiger partial charge in [0.15, 0.2) is 5.82 Å². The van der Waals surface area contributed by atoms with Gasteiger partial charge in [0.25, 0.3) is 0 Å². The number of anilines is 1. The second kappa shape index (κ2) is 5.22. The SMILES string of the molecule is COC(c1nc(C)c(C(C)C)c(N)n1)C(C)(C)C. The van der Waals surface area contributed by atoms with Gasteiger partial charge < -0.3 is 10.5 Å². The number of methoxy groups -OCH3 is 1. The number of hydrogen-bond acceptors (Lipinski definition) is 4. The zero-order valence-electron chi connectivity index (χ0n) is 12.5. The fraction of sp³-hybridized carbons (Fsp3) is 0.714. The van der Waals surface area contributed by atoms with E-state index < -0.39 is 0 Å². The van der Waals surface area contributed by atoms with E-state index in [4.69, 9.17) is 10.5 Å². The van der Waals surface area contributed by atoms with Gasteiger partial charge in [0, 0.05) is 18.4 Å². The molecule has 0 aliphatic heterocycles. The van der Waals surface area contributed by atoms with Gasteiger partial charge in [0.2, 0.25) is 0 Å². The van der Waals surface area contributed by atoms with Crippen LogP contribution in [0.3, 0.4) is 0 Å². The molecule has 1 heterocycles. The summed E-state index contributed by atoms with van der Waals surface area (Å²) in [6.45, 7) is 12.5. The molecule has 0 amide bonds. The van der Waals surface area contributed by atoms with Crippen molar-refractivity contribution in [3.63, 3.8) is 0 Å². The standard InChI is InChI=1S/C14H25N3O/c1-8(2)10-9(3)16-13(17-12(10)15)11(18-7)14(4,5)6/h8,11H,1-7H3,(H2,15,16,17). The summed E-state index contributed by atoms with van der Waals surface area (Å²) >= 11 is 0. The van der Waals surface area contributed by atoms with Crippen LogP contribution in [0.2, 0.25) is 0 Å². The molecule has 1 aromatic heterocycles. The number of nitrogen functional groups attached to an aromatic ring is 1. The van der Waals surface area contributed by atoms with Crippen molar-refractivity contribution in [3.05, 3.63) is 17.1 Å². The van der Waals surface area contributed by atoms with Crippen molar-refractivity contribution in [1.29, 1.82) is 0 Å². The molecule has 0 saturated carbocycles. The molecular weight excluding hydrogens is 226 g/mol. The Morgan fingerprint density at radius 2 is 1.72 bits per heavy atom. The van der Waals surface area contributed by atoms with Gasteiger partial charge in [0.1, 0.15) is 11.9 Å². The van der Waals surface area contributed by atoms with E-state index in [9.17, 15) is 0 Å². The molecule has 1 aromatic rings. The molecular formula is C14H25N3O. The van der Waals surface area contributed by atoms with Gasteiger partial charge >= 0.3 is 0 Å². The molecule has 0 aliphatic carbocycles. The fourth-order valence-corrected chi connectivity index (χ4v) is 2.30. The number of hydrogen-bond donors (Lipinski definition) is 1. The molecule has 0 bridgehead atoms. The van der Waals surface area contributed by atoms with E-state index in [1.54, 1.807) is 7.11 Å². The van der Waals surface area contributed by atoms with Crippen LogP contribution < -0.4 is 5.73 Å². The summed E-state index contributed by atoms with van der Waals surface area (Å²) in [5.74, 6) is 1.57. The molecule has 1 rings (SSSR count). The summed E-state index contributed by atoms with van der Waals surface area (Å²) in [5.41, 5.74) is 7.96. The van der Waals surface area contributed by atoms with Crippen molar-refractivity contribution in [2.24, 2.45) is 5.41 Å². The molecule has 2 N–H and O–H groups in total. The average Bonchev–Trinajstić information content (AvgIpc) is 2.13. The number of aromatic nitrogens is 2. The van der Waals surface area contributed by atoms with Gasteiger partial charge in [-0.3, -0.25) is 0 Å². The molecule has 1 unspecified atom stereocenters. The molecule has 0 spiro atoms. The Balaban J connectivity index is 3.29. The van der Waals surface area contributed by atoms with E-state index in [0.29, 0.717) is 17.6 Å². The fourth-order valence-electron chi connectivity index (χ4n) is 2.30. The number of aryl methyl sites for hydroxylation is 1. The highest BCUT2D eigenvalue weighted by molar-refractivity contribution is 5.44. The van der Waals surface area contributed by atoms with Crippen LogP contribution in [0.1, 0.15) is 63.7 Å². The molecule has 0 saturated heterocycles. The van der Waals surface area contributed by atoms with Gasteiger partial charge in [-0.15, -0.1) is 0 Å². The third-order valence-corrected chi connectivity index (χ3v) is 3.02. The van der Waals surface area contributed by atoms with Gasteiger partial charge in [-0.1, -0.05) is 34.6 Å². The van der Waals surface area contributed by atoms with E-state index in [1.807, 2.05) is 6.92 Å². The van der Waals surface area contributed by atoms with Crippen LogP contribution in [-0.4, -0.2) is 17.1 Å². The number of rotatable bonds is 3. The van der Waals surface area contributed by atoms with Crippen molar-refractivity contribution in [3.8, 4) is 0 Å². The van der Waals surface area contributed by atoms with Crippen LogP contribution in [0.25, 0.3) is 0 Å². The molecule has 102 valence electrons. The first kappa shape index (κ1) is 14.9. The van der Waals surface area contributed by atoms with Crippen molar-refractivity contribution in [2.45, 2.75) is 53.6 Å². The van der Waals surface area contributed by atoms with Crippen LogP contribution in [0.15, 0.2) is 0 Å². The minimum absolute atomic E-state index is 0.0625. The summed E-state index contributed by atoms with van der Waals surface area (Å²) < 4.78 is 5.53. The topological polar surface area (TPSA) is 61.0 Å². The van der Waals surface area contributed by atoms with Crippen LogP contribution in [0, 0.1) is 12.3 Å². The minimum atomic E-state index is -0.153. The molecule has 0 fully saturated rings. The Morgan fingerprint density at radius 3 is 2.06 bits per heavy atom. The maximum Gasteiger partial charge on any atom is 0.160 e. The van der Waals surface area contributed by atoms with E-state index >= 15 is 0 Å². The lowest BCUT2D eigenvalue weighted by molar-refractivity contribution is 0.00862. The summed E-state index contributed by atoms with van der Waals surface area (Å²) in [6.07, 6.45) is -0.153. The van der Waals surface area contributed by atoms with Crippen LogP contribution in [0.5, 0.6) is 0 Å². The number of nitrogens with zero attached hydrogens (tertiary/aromatic N) is 2. The average molecular weight is 251 g/mol. The third kappa shape index (κ3) is 2.99. The first-order valence-electron chi connectivity index (χ1n) is 6.35. The molecule has 0 aliphatic rings. The predicted molar refractivity (Wildman–Crippen MR) is 74.5 cm³/mol. The molecule has 4 heteroatoms. The van der Waals surface area contributed by atoms with Gasteiger partial charge in [-0.05, 0) is 18.3 Å². The third-order valence-electron chi connectivity index (χ3n) is 3.02. The van der Waals surface area contributed by atoms with Crippen molar-refractivity contribution >= 4 is 5.82 Å². The Labute approximate surface area is 110 Å². The largest absolute Gasteiger partial charge is 0.383 e. The maximum atomic E-state index is 6.05. The summed E-state index contributed by atoms with van der Waals surface area (Å²) in [5, 5.41) is 0. The smallest absolute Gasteiger partial charge is 0.160 e. The maximum absolute atomic E-state index is 6.05. The molecule has 18 heavy (non-hydrogen) atoms. The molecule has 0 aromatic carbocycles. The van der Waals surface area contributed by atoms with Gasteiger partial charge in [0.05, 0.1) is 0 Å². The second-order valence-corrected chi connectivity index (χ2v) is 6.10. The summed E-state index contributed by atoms with van der Waals surface area (Å²) in [7, 11) is 1.68. The first-order valence-corrected chi connectivity index (χ1v) is 6.35. The van der Waals surface area contributed by atoms with Crippen LogP contribution in [-0.2, 0) is 4.74 Å².